The van der Waals surface area contributed by atoms with E-state index in [0.717, 1.165) is 13.1 Å². The maximum atomic E-state index is 5.78. The van der Waals surface area contributed by atoms with E-state index in [-0.39, 0.29) is 0 Å². The van der Waals surface area contributed by atoms with Crippen LogP contribution in [0.5, 0.6) is 0 Å². The fourth-order valence-electron chi connectivity index (χ4n) is 2.14. The van der Waals surface area contributed by atoms with Gasteiger partial charge in [-0.25, -0.2) is 0 Å². The van der Waals surface area contributed by atoms with Crippen LogP contribution in [0.25, 0.3) is 0 Å². The molecule has 0 aromatic carbocycles. The second-order valence-corrected chi connectivity index (χ2v) is 5.57. The Morgan fingerprint density at radius 2 is 1.17 bits per heavy atom. The Morgan fingerprint density at radius 1 is 0.778 bits per heavy atom. The summed E-state index contributed by atoms with van der Waals surface area (Å²) < 4.78 is 0. The Morgan fingerprint density at radius 3 is 1.50 bits per heavy atom. The minimum Gasteiger partial charge on any atom is -0.376 e. The third kappa shape index (κ3) is 10.8. The van der Waals surface area contributed by atoms with Crippen LogP contribution in [0.4, 0.5) is 0 Å². The van der Waals surface area contributed by atoms with E-state index < -0.39 is 0 Å². The monoisotopic (exact) mass is 272 g/mol. The molecule has 0 amide bonds. The van der Waals surface area contributed by atoms with Crippen LogP contribution in [0.15, 0.2) is 0 Å². The van der Waals surface area contributed by atoms with Gasteiger partial charge >= 0.3 is 0 Å². The summed E-state index contributed by atoms with van der Waals surface area (Å²) in [7, 11) is 0. The van der Waals surface area contributed by atoms with Gasteiger partial charge in [0.05, 0.1) is 0 Å². The van der Waals surface area contributed by atoms with Crippen molar-refractivity contribution in [3.63, 3.8) is 0 Å². The van der Waals surface area contributed by atoms with Crippen LogP contribution in [-0.2, 0) is 0 Å². The zero-order valence-electron chi connectivity index (χ0n) is 12.4. The Kier molecular flexibility index (Phi) is 12.9. The lowest BCUT2D eigenvalue weighted by Crippen LogP contribution is -2.37. The highest BCUT2D eigenvalue weighted by Gasteiger charge is 2.05. The van der Waals surface area contributed by atoms with Crippen LogP contribution in [0, 0.1) is 0 Å². The molecule has 0 unspecified atom stereocenters. The second-order valence-electron chi connectivity index (χ2n) is 5.15. The molecule has 0 atom stereocenters. The number of hydrogen-bond acceptors (Lipinski definition) is 1. The molecule has 0 spiro atoms. The van der Waals surface area contributed by atoms with Gasteiger partial charge in [0.15, 0.2) is 5.11 Å². The molecule has 18 heavy (non-hydrogen) atoms. The first-order valence-corrected chi connectivity index (χ1v) is 8.17. The largest absolute Gasteiger partial charge is 0.376 e. The second kappa shape index (κ2) is 13.1. The lowest BCUT2D eigenvalue weighted by Gasteiger charge is -2.22. The molecule has 0 aromatic rings. The minimum absolute atomic E-state index is 0.584. The van der Waals surface area contributed by atoms with Crippen molar-refractivity contribution in [2.45, 2.75) is 78.1 Å². The highest BCUT2D eigenvalue weighted by Crippen LogP contribution is 2.07. The van der Waals surface area contributed by atoms with E-state index in [9.17, 15) is 0 Å². The van der Waals surface area contributed by atoms with Crippen LogP contribution in [0.2, 0.25) is 0 Å². The molecular formula is C15H32N2S. The third-order valence-corrected chi connectivity index (χ3v) is 3.63. The van der Waals surface area contributed by atoms with Crippen LogP contribution >= 0.6 is 12.2 Å². The predicted octanol–water partition coefficient (Wildman–Crippen LogP) is 4.47. The highest BCUT2D eigenvalue weighted by atomic mass is 32.1. The van der Waals surface area contributed by atoms with Gasteiger partial charge in [0.1, 0.15) is 0 Å². The molecule has 108 valence electrons. The summed E-state index contributed by atoms with van der Waals surface area (Å²) in [6.45, 7) is 6.59. The molecule has 0 radical (unpaired) electrons. The van der Waals surface area contributed by atoms with E-state index in [2.05, 4.69) is 18.7 Å². The first-order valence-electron chi connectivity index (χ1n) is 7.76. The van der Waals surface area contributed by atoms with Crippen LogP contribution in [-0.4, -0.2) is 23.1 Å². The zero-order valence-corrected chi connectivity index (χ0v) is 13.2. The first-order chi connectivity index (χ1) is 8.72. The fourth-order valence-corrected chi connectivity index (χ4v) is 2.33. The van der Waals surface area contributed by atoms with Gasteiger partial charge in [-0.3, -0.25) is 0 Å². The zero-order chi connectivity index (χ0) is 13.6. The molecule has 2 N–H and O–H groups in total. The average molecular weight is 273 g/mol. The number of rotatable bonds is 12. The van der Waals surface area contributed by atoms with Crippen LogP contribution in [0.1, 0.15) is 78.1 Å². The van der Waals surface area contributed by atoms with Crippen molar-refractivity contribution < 1.29 is 0 Å². The molecule has 0 aliphatic rings. The van der Waals surface area contributed by atoms with Crippen molar-refractivity contribution in [3.05, 3.63) is 0 Å². The highest BCUT2D eigenvalue weighted by molar-refractivity contribution is 7.80. The first kappa shape index (κ1) is 17.7. The lowest BCUT2D eigenvalue weighted by atomic mass is 10.1. The Hall–Kier alpha value is -0.310. The van der Waals surface area contributed by atoms with Gasteiger partial charge < -0.3 is 10.6 Å². The molecule has 0 aliphatic carbocycles. The summed E-state index contributed by atoms with van der Waals surface area (Å²) >= 11 is 5.12. The molecule has 2 nitrogen and oxygen atoms in total. The summed E-state index contributed by atoms with van der Waals surface area (Å²) in [5.41, 5.74) is 5.78. The summed E-state index contributed by atoms with van der Waals surface area (Å²) in [4.78, 5) is 2.19. The van der Waals surface area contributed by atoms with E-state index in [1.165, 1.54) is 64.2 Å². The number of thiocarbonyl (C=S) groups is 1. The van der Waals surface area contributed by atoms with Crippen LogP contribution in [0.3, 0.4) is 0 Å². The van der Waals surface area contributed by atoms with Gasteiger partial charge in [-0.15, -0.1) is 0 Å². The van der Waals surface area contributed by atoms with Gasteiger partial charge in [-0.2, -0.15) is 0 Å². The summed E-state index contributed by atoms with van der Waals surface area (Å²) in [6, 6.07) is 0. The van der Waals surface area contributed by atoms with E-state index in [4.69, 9.17) is 18.0 Å². The summed E-state index contributed by atoms with van der Waals surface area (Å²) in [6.07, 6.45) is 13.1. The topological polar surface area (TPSA) is 29.3 Å². The van der Waals surface area contributed by atoms with Gasteiger partial charge in [0.2, 0.25) is 0 Å². The van der Waals surface area contributed by atoms with Gasteiger partial charge in [-0.05, 0) is 25.1 Å². The molecular weight excluding hydrogens is 240 g/mol. The molecule has 3 heteroatoms. The normalized spacial score (nSPS) is 10.6. The van der Waals surface area contributed by atoms with Crippen LogP contribution < -0.4 is 5.73 Å². The van der Waals surface area contributed by atoms with E-state index in [1.807, 2.05) is 0 Å². The third-order valence-electron chi connectivity index (χ3n) is 3.37. The molecule has 0 aliphatic heterocycles. The number of nitrogens with zero attached hydrogens (tertiary/aromatic N) is 1. The Balaban J connectivity index is 3.56. The van der Waals surface area contributed by atoms with Gasteiger partial charge in [-0.1, -0.05) is 65.2 Å². The van der Waals surface area contributed by atoms with Crippen molar-refractivity contribution in [3.8, 4) is 0 Å². The van der Waals surface area contributed by atoms with E-state index >= 15 is 0 Å². The Bertz CT molecular complexity index is 181. The van der Waals surface area contributed by atoms with Crippen molar-refractivity contribution in [1.29, 1.82) is 0 Å². The number of unbranched alkanes of at least 4 members (excludes halogenated alkanes) is 8. The van der Waals surface area contributed by atoms with Gasteiger partial charge in [0.25, 0.3) is 0 Å². The molecule has 0 heterocycles. The average Bonchev–Trinajstić information content (AvgIpc) is 2.35. The quantitative estimate of drug-likeness (QED) is 0.420. The van der Waals surface area contributed by atoms with Crippen molar-refractivity contribution in [2.75, 3.05) is 13.1 Å². The maximum absolute atomic E-state index is 5.78. The maximum Gasteiger partial charge on any atom is 0.166 e. The molecule has 0 fully saturated rings. The smallest absolute Gasteiger partial charge is 0.166 e. The minimum atomic E-state index is 0.584. The van der Waals surface area contributed by atoms with E-state index in [1.54, 1.807) is 0 Å². The SMILES string of the molecule is CCCCCCCN(CCCCCCC)C(N)=S. The summed E-state index contributed by atoms with van der Waals surface area (Å²) in [5, 5.41) is 0.584. The fraction of sp³-hybridized carbons (Fsp3) is 0.933. The van der Waals surface area contributed by atoms with E-state index in [0.29, 0.717) is 5.11 Å². The molecule has 0 rings (SSSR count). The molecule has 0 bridgehead atoms. The lowest BCUT2D eigenvalue weighted by molar-refractivity contribution is 0.387. The standard InChI is InChI=1S/C15H32N2S/c1-3-5-7-9-11-13-17(15(16)18)14-12-10-8-6-4-2/h3-14H2,1-2H3,(H2,16,18). The number of hydrogen-bond donors (Lipinski definition) is 1. The molecule has 0 saturated carbocycles. The molecule has 0 aromatic heterocycles. The summed E-state index contributed by atoms with van der Waals surface area (Å²) in [5.74, 6) is 0. The molecule has 0 saturated heterocycles. The van der Waals surface area contributed by atoms with Crippen molar-refractivity contribution >= 4 is 17.3 Å². The number of nitrogens with two attached hydrogens (primary N) is 1. The Labute approximate surface area is 119 Å². The predicted molar refractivity (Wildman–Crippen MR) is 85.9 cm³/mol. The van der Waals surface area contributed by atoms with Gasteiger partial charge in [0, 0.05) is 13.1 Å². The van der Waals surface area contributed by atoms with Crippen molar-refractivity contribution in [1.82, 2.24) is 4.90 Å². The van der Waals surface area contributed by atoms with Crippen molar-refractivity contribution in [2.24, 2.45) is 5.73 Å².